The molecule has 1 saturated heterocycles. The molecule has 0 aliphatic carbocycles. The first-order valence-corrected chi connectivity index (χ1v) is 8.68. The summed E-state index contributed by atoms with van der Waals surface area (Å²) in [5, 5.41) is 3.79. The maximum absolute atomic E-state index is 12.2. The standard InChI is InChI=1S/C17H26ClN3O/c1-3-7-20-8-10-21(11-9-20)13-17(22)19-14(2)15-5-4-6-16(18)12-15/h4-6,12,14H,3,7-11,13H2,1-2H3,(H,19,22)/p+2/t14-/m0/s1. The van der Waals surface area contributed by atoms with Crippen LogP contribution in [0.4, 0.5) is 0 Å². The predicted molar refractivity (Wildman–Crippen MR) is 89.4 cm³/mol. The van der Waals surface area contributed by atoms with Crippen molar-refractivity contribution in [2.75, 3.05) is 39.3 Å². The maximum atomic E-state index is 12.2. The van der Waals surface area contributed by atoms with Gasteiger partial charge in [0.15, 0.2) is 6.54 Å². The van der Waals surface area contributed by atoms with E-state index in [9.17, 15) is 4.79 Å². The Morgan fingerprint density at radius 3 is 2.59 bits per heavy atom. The average Bonchev–Trinajstić information content (AvgIpc) is 2.49. The quantitative estimate of drug-likeness (QED) is 0.661. The molecule has 5 heteroatoms. The third-order valence-electron chi connectivity index (χ3n) is 4.40. The molecule has 1 aliphatic rings. The highest BCUT2D eigenvalue weighted by Crippen LogP contribution is 2.16. The lowest BCUT2D eigenvalue weighted by Crippen LogP contribution is -3.28. The van der Waals surface area contributed by atoms with Gasteiger partial charge in [-0.3, -0.25) is 4.79 Å². The van der Waals surface area contributed by atoms with E-state index < -0.39 is 0 Å². The van der Waals surface area contributed by atoms with Crippen LogP contribution in [-0.4, -0.2) is 45.2 Å². The van der Waals surface area contributed by atoms with Crippen LogP contribution < -0.4 is 15.1 Å². The van der Waals surface area contributed by atoms with E-state index in [4.69, 9.17) is 11.6 Å². The van der Waals surface area contributed by atoms with Crippen molar-refractivity contribution in [1.82, 2.24) is 5.32 Å². The van der Waals surface area contributed by atoms with Crippen molar-refractivity contribution in [2.24, 2.45) is 0 Å². The van der Waals surface area contributed by atoms with Crippen LogP contribution in [0.2, 0.25) is 5.02 Å². The number of piperazine rings is 1. The summed E-state index contributed by atoms with van der Waals surface area (Å²) in [6, 6.07) is 7.67. The van der Waals surface area contributed by atoms with Crippen LogP contribution in [0.15, 0.2) is 24.3 Å². The van der Waals surface area contributed by atoms with Gasteiger partial charge in [-0.15, -0.1) is 0 Å². The maximum Gasteiger partial charge on any atom is 0.275 e. The molecule has 4 nitrogen and oxygen atoms in total. The molecule has 0 spiro atoms. The lowest BCUT2D eigenvalue weighted by molar-refractivity contribution is -1.01. The molecule has 1 atom stereocenters. The highest BCUT2D eigenvalue weighted by Gasteiger charge is 2.24. The molecule has 0 saturated carbocycles. The van der Waals surface area contributed by atoms with Crippen LogP contribution in [-0.2, 0) is 4.79 Å². The zero-order valence-corrected chi connectivity index (χ0v) is 14.4. The molecular weight excluding hydrogens is 298 g/mol. The Balaban J connectivity index is 1.76. The van der Waals surface area contributed by atoms with Gasteiger partial charge in [-0.25, -0.2) is 0 Å². The van der Waals surface area contributed by atoms with Crippen molar-refractivity contribution in [3.05, 3.63) is 34.9 Å². The Kier molecular flexibility index (Phi) is 6.68. The zero-order valence-electron chi connectivity index (χ0n) is 13.6. The Bertz CT molecular complexity index is 487. The summed E-state index contributed by atoms with van der Waals surface area (Å²) in [5.74, 6) is 0.126. The SMILES string of the molecule is CCC[NH+]1CC[NH+](CC(=O)N[C@@H](C)c2cccc(Cl)c2)CC1. The van der Waals surface area contributed by atoms with E-state index in [-0.39, 0.29) is 11.9 Å². The third kappa shape index (κ3) is 5.27. The normalized spacial score (nSPS) is 23.0. The number of carbonyl (C=O) groups excluding carboxylic acids is 1. The van der Waals surface area contributed by atoms with E-state index in [1.54, 1.807) is 4.90 Å². The summed E-state index contributed by atoms with van der Waals surface area (Å²) in [5.41, 5.74) is 1.05. The first-order valence-electron chi connectivity index (χ1n) is 8.30. The summed E-state index contributed by atoms with van der Waals surface area (Å²) in [7, 11) is 0. The monoisotopic (exact) mass is 325 g/mol. The van der Waals surface area contributed by atoms with Gasteiger partial charge in [-0.05, 0) is 31.0 Å². The van der Waals surface area contributed by atoms with Crippen LogP contribution in [0.1, 0.15) is 31.9 Å². The third-order valence-corrected chi connectivity index (χ3v) is 4.64. The molecule has 1 aromatic carbocycles. The van der Waals surface area contributed by atoms with Gasteiger partial charge in [0.05, 0.1) is 12.6 Å². The molecule has 1 heterocycles. The number of hydrogen-bond acceptors (Lipinski definition) is 1. The molecule has 1 aliphatic heterocycles. The molecule has 122 valence electrons. The van der Waals surface area contributed by atoms with Gasteiger partial charge < -0.3 is 15.1 Å². The number of benzene rings is 1. The molecule has 0 bridgehead atoms. The van der Waals surface area contributed by atoms with E-state index in [2.05, 4.69) is 12.2 Å². The average molecular weight is 326 g/mol. The molecule has 3 N–H and O–H groups in total. The minimum atomic E-state index is -0.00222. The van der Waals surface area contributed by atoms with Crippen molar-refractivity contribution in [3.63, 3.8) is 0 Å². The zero-order chi connectivity index (χ0) is 15.9. The topological polar surface area (TPSA) is 38.0 Å². The van der Waals surface area contributed by atoms with Crippen molar-refractivity contribution < 1.29 is 14.6 Å². The van der Waals surface area contributed by atoms with Gasteiger partial charge in [-0.1, -0.05) is 30.7 Å². The summed E-state index contributed by atoms with van der Waals surface area (Å²) in [4.78, 5) is 15.3. The van der Waals surface area contributed by atoms with Gasteiger partial charge in [0.1, 0.15) is 26.2 Å². The van der Waals surface area contributed by atoms with Gasteiger partial charge in [0.2, 0.25) is 0 Å². The summed E-state index contributed by atoms with van der Waals surface area (Å²) in [6.07, 6.45) is 1.24. The van der Waals surface area contributed by atoms with E-state index in [0.717, 1.165) is 18.7 Å². The number of carbonyl (C=O) groups is 1. The fourth-order valence-electron chi connectivity index (χ4n) is 3.12. The number of nitrogens with one attached hydrogen (secondary N) is 3. The van der Waals surface area contributed by atoms with Crippen LogP contribution >= 0.6 is 11.6 Å². The second-order valence-corrected chi connectivity index (χ2v) is 6.71. The summed E-state index contributed by atoms with van der Waals surface area (Å²) < 4.78 is 0. The molecule has 2 rings (SSSR count). The van der Waals surface area contributed by atoms with Gasteiger partial charge >= 0.3 is 0 Å². The molecule has 0 unspecified atom stereocenters. The van der Waals surface area contributed by atoms with Gasteiger partial charge in [0.25, 0.3) is 5.91 Å². The van der Waals surface area contributed by atoms with Crippen molar-refractivity contribution >= 4 is 17.5 Å². The van der Waals surface area contributed by atoms with E-state index in [0.29, 0.717) is 11.6 Å². The van der Waals surface area contributed by atoms with Gasteiger partial charge in [-0.2, -0.15) is 0 Å². The number of quaternary nitrogens is 2. The van der Waals surface area contributed by atoms with Crippen LogP contribution in [0, 0.1) is 0 Å². The van der Waals surface area contributed by atoms with Crippen molar-refractivity contribution in [3.8, 4) is 0 Å². The van der Waals surface area contributed by atoms with Gasteiger partial charge in [0, 0.05) is 5.02 Å². The Morgan fingerprint density at radius 1 is 1.27 bits per heavy atom. The van der Waals surface area contributed by atoms with Crippen LogP contribution in [0.25, 0.3) is 0 Å². The molecule has 1 aromatic rings. The highest BCUT2D eigenvalue weighted by molar-refractivity contribution is 6.30. The second-order valence-electron chi connectivity index (χ2n) is 6.27. The Hall–Kier alpha value is -1.10. The Morgan fingerprint density at radius 2 is 1.95 bits per heavy atom. The molecule has 0 radical (unpaired) electrons. The fourth-order valence-corrected chi connectivity index (χ4v) is 3.32. The minimum absolute atomic E-state index is 0.00222. The Labute approximate surface area is 138 Å². The number of amides is 1. The minimum Gasteiger partial charge on any atom is -0.345 e. The summed E-state index contributed by atoms with van der Waals surface area (Å²) in [6.45, 7) is 10.6. The number of halogens is 1. The lowest BCUT2D eigenvalue weighted by Gasteiger charge is -2.29. The van der Waals surface area contributed by atoms with Crippen molar-refractivity contribution in [1.29, 1.82) is 0 Å². The molecule has 1 fully saturated rings. The number of rotatable bonds is 6. The molecule has 0 aromatic heterocycles. The largest absolute Gasteiger partial charge is 0.345 e. The van der Waals surface area contributed by atoms with E-state index >= 15 is 0 Å². The predicted octanol–water partition coefficient (Wildman–Crippen LogP) is -0.289. The molecular formula is C17H28ClN3O+2. The van der Waals surface area contributed by atoms with Crippen molar-refractivity contribution in [2.45, 2.75) is 26.3 Å². The van der Waals surface area contributed by atoms with Crippen LogP contribution in [0.3, 0.4) is 0 Å². The first-order chi connectivity index (χ1) is 10.6. The van der Waals surface area contributed by atoms with E-state index in [1.165, 1.54) is 31.0 Å². The fraction of sp³-hybridized carbons (Fsp3) is 0.588. The highest BCUT2D eigenvalue weighted by atomic mass is 35.5. The summed E-state index contributed by atoms with van der Waals surface area (Å²) >= 11 is 6.00. The lowest BCUT2D eigenvalue weighted by atomic mass is 10.1. The van der Waals surface area contributed by atoms with E-state index in [1.807, 2.05) is 31.2 Å². The number of hydrogen-bond donors (Lipinski definition) is 3. The molecule has 1 amide bonds. The first kappa shape index (κ1) is 17.3. The second kappa shape index (κ2) is 8.51. The van der Waals surface area contributed by atoms with Crippen LogP contribution in [0.5, 0.6) is 0 Å². The molecule has 22 heavy (non-hydrogen) atoms. The smallest absolute Gasteiger partial charge is 0.275 e.